The largest absolute Gasteiger partial charge is 0.370 e. The Kier molecular flexibility index (Phi) is 4.42. The smallest absolute Gasteiger partial charge is 0.223 e. The number of rotatable bonds is 3. The second-order valence-electron chi connectivity index (χ2n) is 5.16. The van der Waals surface area contributed by atoms with E-state index in [-0.39, 0.29) is 0 Å². The Morgan fingerprint density at radius 2 is 2.21 bits per heavy atom. The zero-order valence-corrected chi connectivity index (χ0v) is 12.1. The standard InChI is InChI=1S/C13H24N6/c1-4-15-11-8-12(17-13(14)16-11)19-7-5-6-18(3)9-10(19)2/h8,10H,4-7,9H2,1-3H3,(H3,14,15,16,17). The van der Waals surface area contributed by atoms with E-state index in [1.165, 1.54) is 0 Å². The number of nitrogens with two attached hydrogens (primary N) is 1. The summed E-state index contributed by atoms with van der Waals surface area (Å²) in [6.07, 6.45) is 1.14. The lowest BCUT2D eigenvalue weighted by atomic mass is 10.2. The van der Waals surface area contributed by atoms with Crippen molar-refractivity contribution in [3.8, 4) is 0 Å². The van der Waals surface area contributed by atoms with E-state index in [2.05, 4.69) is 39.1 Å². The summed E-state index contributed by atoms with van der Waals surface area (Å²) in [4.78, 5) is 13.3. The molecule has 6 nitrogen and oxygen atoms in total. The third kappa shape index (κ3) is 3.47. The van der Waals surface area contributed by atoms with Crippen molar-refractivity contribution in [2.75, 3.05) is 49.2 Å². The molecule has 1 aromatic heterocycles. The fourth-order valence-corrected chi connectivity index (χ4v) is 2.58. The third-order valence-corrected chi connectivity index (χ3v) is 3.43. The van der Waals surface area contributed by atoms with Gasteiger partial charge in [0.2, 0.25) is 5.95 Å². The van der Waals surface area contributed by atoms with Crippen molar-refractivity contribution in [1.82, 2.24) is 14.9 Å². The lowest BCUT2D eigenvalue weighted by Crippen LogP contribution is -2.38. The van der Waals surface area contributed by atoms with Gasteiger partial charge in [-0.05, 0) is 33.9 Å². The molecule has 1 atom stereocenters. The first kappa shape index (κ1) is 13.9. The maximum atomic E-state index is 5.81. The van der Waals surface area contributed by atoms with Crippen LogP contribution in [0, 0.1) is 0 Å². The average molecular weight is 264 g/mol. The highest BCUT2D eigenvalue weighted by Gasteiger charge is 2.21. The van der Waals surface area contributed by atoms with Crippen LogP contribution in [0.25, 0.3) is 0 Å². The number of nitrogens with zero attached hydrogens (tertiary/aromatic N) is 4. The molecular formula is C13H24N6. The SMILES string of the molecule is CCNc1cc(N2CCCN(C)CC2C)nc(N)n1. The van der Waals surface area contributed by atoms with E-state index < -0.39 is 0 Å². The number of nitrogen functional groups attached to an aromatic ring is 1. The van der Waals surface area contributed by atoms with Crippen molar-refractivity contribution in [1.29, 1.82) is 0 Å². The molecule has 0 aliphatic carbocycles. The van der Waals surface area contributed by atoms with Gasteiger partial charge < -0.3 is 20.9 Å². The summed E-state index contributed by atoms with van der Waals surface area (Å²) in [6, 6.07) is 2.41. The molecule has 1 aliphatic rings. The van der Waals surface area contributed by atoms with Crippen LogP contribution < -0.4 is 16.0 Å². The molecule has 0 saturated carbocycles. The minimum atomic E-state index is 0.332. The lowest BCUT2D eigenvalue weighted by Gasteiger charge is -2.29. The average Bonchev–Trinajstić information content (AvgIpc) is 2.49. The van der Waals surface area contributed by atoms with Crippen molar-refractivity contribution >= 4 is 17.6 Å². The van der Waals surface area contributed by atoms with Crippen LogP contribution in [0.4, 0.5) is 17.6 Å². The molecule has 6 heteroatoms. The van der Waals surface area contributed by atoms with Gasteiger partial charge in [0.05, 0.1) is 0 Å². The highest BCUT2D eigenvalue weighted by molar-refractivity contribution is 5.53. The van der Waals surface area contributed by atoms with E-state index in [9.17, 15) is 0 Å². The van der Waals surface area contributed by atoms with E-state index in [0.717, 1.165) is 44.2 Å². The maximum absolute atomic E-state index is 5.81. The van der Waals surface area contributed by atoms with Gasteiger partial charge in [0.1, 0.15) is 11.6 Å². The van der Waals surface area contributed by atoms with Gasteiger partial charge in [-0.2, -0.15) is 9.97 Å². The zero-order valence-electron chi connectivity index (χ0n) is 12.1. The fraction of sp³-hybridized carbons (Fsp3) is 0.692. The summed E-state index contributed by atoms with van der Waals surface area (Å²) >= 11 is 0. The molecular weight excluding hydrogens is 240 g/mol. The van der Waals surface area contributed by atoms with Crippen LogP contribution in [0.2, 0.25) is 0 Å². The second-order valence-corrected chi connectivity index (χ2v) is 5.16. The van der Waals surface area contributed by atoms with Crippen molar-refractivity contribution in [2.45, 2.75) is 26.3 Å². The molecule has 1 fully saturated rings. The van der Waals surface area contributed by atoms with Crippen molar-refractivity contribution in [3.05, 3.63) is 6.07 Å². The monoisotopic (exact) mass is 264 g/mol. The van der Waals surface area contributed by atoms with Crippen LogP contribution in [-0.4, -0.2) is 54.1 Å². The zero-order chi connectivity index (χ0) is 13.8. The van der Waals surface area contributed by atoms with Gasteiger partial charge in [0.15, 0.2) is 0 Å². The Morgan fingerprint density at radius 1 is 1.42 bits per heavy atom. The highest BCUT2D eigenvalue weighted by atomic mass is 15.3. The molecule has 0 radical (unpaired) electrons. The van der Waals surface area contributed by atoms with Gasteiger partial charge in [0.25, 0.3) is 0 Å². The first-order valence-corrected chi connectivity index (χ1v) is 6.93. The first-order valence-electron chi connectivity index (χ1n) is 6.93. The Labute approximate surface area is 115 Å². The number of likely N-dealkylation sites (N-methyl/N-ethyl adjacent to an activating group) is 1. The van der Waals surface area contributed by atoms with Gasteiger partial charge >= 0.3 is 0 Å². The number of hydrogen-bond donors (Lipinski definition) is 2. The minimum Gasteiger partial charge on any atom is -0.370 e. The summed E-state index contributed by atoms with van der Waals surface area (Å²) in [7, 11) is 2.17. The van der Waals surface area contributed by atoms with Gasteiger partial charge in [-0.25, -0.2) is 0 Å². The fourth-order valence-electron chi connectivity index (χ4n) is 2.58. The normalized spacial score (nSPS) is 21.2. The molecule has 0 spiro atoms. The summed E-state index contributed by atoms with van der Waals surface area (Å²) < 4.78 is 0. The van der Waals surface area contributed by atoms with Crippen LogP contribution >= 0.6 is 0 Å². The quantitative estimate of drug-likeness (QED) is 0.849. The van der Waals surface area contributed by atoms with Crippen molar-refractivity contribution in [2.24, 2.45) is 0 Å². The molecule has 3 N–H and O–H groups in total. The van der Waals surface area contributed by atoms with Gasteiger partial charge in [-0.1, -0.05) is 0 Å². The Hall–Kier alpha value is -1.56. The molecule has 0 bridgehead atoms. The van der Waals surface area contributed by atoms with Crippen LogP contribution in [0.1, 0.15) is 20.3 Å². The van der Waals surface area contributed by atoms with Crippen LogP contribution in [0.3, 0.4) is 0 Å². The molecule has 2 rings (SSSR count). The Morgan fingerprint density at radius 3 is 2.95 bits per heavy atom. The second kappa shape index (κ2) is 6.06. The molecule has 1 aliphatic heterocycles. The Bertz CT molecular complexity index is 422. The predicted octanol–water partition coefficient (Wildman–Crippen LogP) is 1.02. The molecule has 1 aromatic rings. The van der Waals surface area contributed by atoms with Crippen molar-refractivity contribution in [3.63, 3.8) is 0 Å². The van der Waals surface area contributed by atoms with Crippen molar-refractivity contribution < 1.29 is 0 Å². The number of anilines is 3. The van der Waals surface area contributed by atoms with Gasteiger partial charge in [-0.3, -0.25) is 0 Å². The maximum Gasteiger partial charge on any atom is 0.223 e. The minimum absolute atomic E-state index is 0.332. The van der Waals surface area contributed by atoms with Gasteiger partial charge in [0, 0.05) is 31.7 Å². The van der Waals surface area contributed by atoms with Crippen LogP contribution in [0.15, 0.2) is 6.07 Å². The number of aromatic nitrogens is 2. The Balaban J connectivity index is 2.24. The molecule has 1 saturated heterocycles. The lowest BCUT2D eigenvalue weighted by molar-refractivity contribution is 0.337. The molecule has 0 aromatic carbocycles. The highest BCUT2D eigenvalue weighted by Crippen LogP contribution is 2.21. The van der Waals surface area contributed by atoms with E-state index in [1.54, 1.807) is 0 Å². The summed E-state index contributed by atoms with van der Waals surface area (Å²) in [6.45, 7) is 8.28. The van der Waals surface area contributed by atoms with E-state index in [1.807, 2.05) is 13.0 Å². The van der Waals surface area contributed by atoms with E-state index in [0.29, 0.717) is 12.0 Å². The van der Waals surface area contributed by atoms with Crippen LogP contribution in [0.5, 0.6) is 0 Å². The number of hydrogen-bond acceptors (Lipinski definition) is 6. The molecule has 106 valence electrons. The molecule has 2 heterocycles. The summed E-state index contributed by atoms with van der Waals surface area (Å²) in [5.41, 5.74) is 5.81. The molecule has 1 unspecified atom stereocenters. The summed E-state index contributed by atoms with van der Waals surface area (Å²) in [5, 5.41) is 3.20. The molecule has 19 heavy (non-hydrogen) atoms. The number of nitrogens with one attached hydrogen (secondary N) is 1. The van der Waals surface area contributed by atoms with E-state index >= 15 is 0 Å². The molecule has 0 amide bonds. The van der Waals surface area contributed by atoms with E-state index in [4.69, 9.17) is 5.73 Å². The predicted molar refractivity (Wildman–Crippen MR) is 79.5 cm³/mol. The topological polar surface area (TPSA) is 70.3 Å². The van der Waals surface area contributed by atoms with Gasteiger partial charge in [-0.15, -0.1) is 0 Å². The van der Waals surface area contributed by atoms with Crippen LogP contribution in [-0.2, 0) is 0 Å². The summed E-state index contributed by atoms with van der Waals surface area (Å²) in [5.74, 6) is 2.05. The first-order chi connectivity index (χ1) is 9.10. The third-order valence-electron chi connectivity index (χ3n) is 3.43.